The molecule has 2 aromatic rings. The molecule has 0 bridgehead atoms. The third-order valence-corrected chi connectivity index (χ3v) is 2.80. The first kappa shape index (κ1) is 13.5. The third-order valence-electron chi connectivity index (χ3n) is 2.80. The van der Waals surface area contributed by atoms with Crippen molar-refractivity contribution in [2.45, 2.75) is 33.4 Å². The summed E-state index contributed by atoms with van der Waals surface area (Å²) < 4.78 is 31.2. The molecule has 5 heteroatoms. The lowest BCUT2D eigenvalue weighted by atomic mass is 10.1. The SMILES string of the molecule is Cc1cn(C(C)C)nc1-c1ccccc1OC(F)F. The summed E-state index contributed by atoms with van der Waals surface area (Å²) in [4.78, 5) is 0. The van der Waals surface area contributed by atoms with Crippen molar-refractivity contribution in [3.8, 4) is 17.0 Å². The van der Waals surface area contributed by atoms with Crippen LogP contribution in [0.5, 0.6) is 5.75 Å². The van der Waals surface area contributed by atoms with Crippen LogP contribution < -0.4 is 4.74 Å². The second-order valence-corrected chi connectivity index (χ2v) is 4.61. The molecule has 102 valence electrons. The molecule has 0 fully saturated rings. The molecule has 0 atom stereocenters. The van der Waals surface area contributed by atoms with Crippen LogP contribution in [0.15, 0.2) is 30.5 Å². The first-order chi connectivity index (χ1) is 8.99. The number of hydrogen-bond acceptors (Lipinski definition) is 2. The molecule has 3 nitrogen and oxygen atoms in total. The Morgan fingerprint density at radius 3 is 2.47 bits per heavy atom. The van der Waals surface area contributed by atoms with Gasteiger partial charge in [0.2, 0.25) is 0 Å². The van der Waals surface area contributed by atoms with E-state index in [0.717, 1.165) is 5.56 Å². The highest BCUT2D eigenvalue weighted by atomic mass is 19.3. The summed E-state index contributed by atoms with van der Waals surface area (Å²) in [5, 5.41) is 4.44. The zero-order chi connectivity index (χ0) is 14.0. The predicted octanol–water partition coefficient (Wildman–Crippen LogP) is 4.04. The van der Waals surface area contributed by atoms with E-state index < -0.39 is 6.61 Å². The standard InChI is InChI=1S/C14H16F2N2O/c1-9(2)18-8-10(3)13(17-18)11-6-4-5-7-12(11)19-14(15)16/h4-9,14H,1-3H3. The van der Waals surface area contributed by atoms with E-state index in [1.807, 2.05) is 31.6 Å². The number of ether oxygens (including phenoxy) is 1. The molecule has 0 aliphatic rings. The van der Waals surface area contributed by atoms with Gasteiger partial charge in [-0.2, -0.15) is 13.9 Å². The number of alkyl halides is 2. The van der Waals surface area contributed by atoms with Crippen LogP contribution in [0.2, 0.25) is 0 Å². The van der Waals surface area contributed by atoms with Crippen molar-refractivity contribution < 1.29 is 13.5 Å². The smallest absolute Gasteiger partial charge is 0.387 e. The summed E-state index contributed by atoms with van der Waals surface area (Å²) >= 11 is 0. The van der Waals surface area contributed by atoms with E-state index in [4.69, 9.17) is 0 Å². The van der Waals surface area contributed by atoms with E-state index in [1.54, 1.807) is 18.2 Å². The van der Waals surface area contributed by atoms with Gasteiger partial charge in [0.1, 0.15) is 5.75 Å². The van der Waals surface area contributed by atoms with Crippen molar-refractivity contribution in [1.82, 2.24) is 9.78 Å². The number of nitrogens with zero attached hydrogens (tertiary/aromatic N) is 2. The van der Waals surface area contributed by atoms with Crippen LogP contribution >= 0.6 is 0 Å². The third kappa shape index (κ3) is 2.92. The Balaban J connectivity index is 2.46. The zero-order valence-corrected chi connectivity index (χ0v) is 11.1. The molecule has 1 heterocycles. The van der Waals surface area contributed by atoms with Crippen LogP contribution in [0.25, 0.3) is 11.3 Å². The van der Waals surface area contributed by atoms with Crippen molar-refractivity contribution in [3.05, 3.63) is 36.0 Å². The quantitative estimate of drug-likeness (QED) is 0.835. The van der Waals surface area contributed by atoms with Gasteiger partial charge >= 0.3 is 6.61 Å². The average Bonchev–Trinajstić information content (AvgIpc) is 2.71. The number of hydrogen-bond donors (Lipinski definition) is 0. The normalized spacial score (nSPS) is 11.3. The lowest BCUT2D eigenvalue weighted by molar-refractivity contribution is -0.0494. The van der Waals surface area contributed by atoms with Crippen molar-refractivity contribution in [2.24, 2.45) is 0 Å². The van der Waals surface area contributed by atoms with Gasteiger partial charge in [-0.05, 0) is 38.5 Å². The molecule has 2 rings (SSSR count). The summed E-state index contributed by atoms with van der Waals surface area (Å²) in [5.74, 6) is 0.148. The lowest BCUT2D eigenvalue weighted by Crippen LogP contribution is -2.04. The largest absolute Gasteiger partial charge is 0.434 e. The number of rotatable bonds is 4. The van der Waals surface area contributed by atoms with Crippen LogP contribution in [0, 0.1) is 6.92 Å². The van der Waals surface area contributed by atoms with Gasteiger partial charge in [-0.25, -0.2) is 0 Å². The summed E-state index contributed by atoms with van der Waals surface area (Å²) in [5.41, 5.74) is 2.18. The molecule has 1 aromatic heterocycles. The van der Waals surface area contributed by atoms with Gasteiger partial charge in [-0.3, -0.25) is 4.68 Å². The molecule has 19 heavy (non-hydrogen) atoms. The van der Waals surface area contributed by atoms with Gasteiger partial charge in [-0.15, -0.1) is 0 Å². The maximum atomic E-state index is 12.4. The first-order valence-corrected chi connectivity index (χ1v) is 6.09. The van der Waals surface area contributed by atoms with Gasteiger partial charge in [0.25, 0.3) is 0 Å². The molecule has 0 N–H and O–H groups in total. The van der Waals surface area contributed by atoms with Gasteiger partial charge in [0.05, 0.1) is 5.69 Å². The van der Waals surface area contributed by atoms with Crippen LogP contribution in [-0.4, -0.2) is 16.4 Å². The van der Waals surface area contributed by atoms with Crippen LogP contribution in [0.4, 0.5) is 8.78 Å². The molecule has 0 saturated heterocycles. The minimum Gasteiger partial charge on any atom is -0.434 e. The molecular formula is C14H16F2N2O. The highest BCUT2D eigenvalue weighted by molar-refractivity contribution is 5.69. The van der Waals surface area contributed by atoms with Crippen LogP contribution in [0.3, 0.4) is 0 Å². The van der Waals surface area contributed by atoms with E-state index in [9.17, 15) is 8.78 Å². The van der Waals surface area contributed by atoms with E-state index in [1.165, 1.54) is 6.07 Å². The fourth-order valence-electron chi connectivity index (χ4n) is 1.87. The average molecular weight is 266 g/mol. The number of aromatic nitrogens is 2. The maximum Gasteiger partial charge on any atom is 0.387 e. The minimum absolute atomic E-state index is 0.148. The summed E-state index contributed by atoms with van der Waals surface area (Å²) in [7, 11) is 0. The predicted molar refractivity (Wildman–Crippen MR) is 69.4 cm³/mol. The summed E-state index contributed by atoms with van der Waals surface area (Å²) in [6, 6.07) is 6.92. The Kier molecular flexibility index (Phi) is 3.83. The van der Waals surface area contributed by atoms with Gasteiger partial charge in [0.15, 0.2) is 0 Å². The summed E-state index contributed by atoms with van der Waals surface area (Å²) in [6.45, 7) is 3.09. The zero-order valence-electron chi connectivity index (χ0n) is 11.1. The highest BCUT2D eigenvalue weighted by Gasteiger charge is 2.15. The van der Waals surface area contributed by atoms with E-state index in [-0.39, 0.29) is 11.8 Å². The number of benzene rings is 1. The highest BCUT2D eigenvalue weighted by Crippen LogP contribution is 2.32. The van der Waals surface area contributed by atoms with Crippen molar-refractivity contribution in [2.75, 3.05) is 0 Å². The Labute approximate surface area is 110 Å². The number of halogens is 2. The fraction of sp³-hybridized carbons (Fsp3) is 0.357. The van der Waals surface area contributed by atoms with Crippen molar-refractivity contribution >= 4 is 0 Å². The molecule has 0 aliphatic carbocycles. The fourth-order valence-corrected chi connectivity index (χ4v) is 1.87. The second kappa shape index (κ2) is 5.38. The number of aryl methyl sites for hydroxylation is 1. The van der Waals surface area contributed by atoms with Crippen molar-refractivity contribution in [1.29, 1.82) is 0 Å². The summed E-state index contributed by atoms with van der Waals surface area (Å²) in [6.07, 6.45) is 1.90. The van der Waals surface area contributed by atoms with Gasteiger partial charge in [-0.1, -0.05) is 12.1 Å². The topological polar surface area (TPSA) is 27.1 Å². The van der Waals surface area contributed by atoms with Crippen molar-refractivity contribution in [3.63, 3.8) is 0 Å². The Morgan fingerprint density at radius 1 is 1.21 bits per heavy atom. The Morgan fingerprint density at radius 2 is 1.89 bits per heavy atom. The maximum absolute atomic E-state index is 12.4. The van der Waals surface area contributed by atoms with E-state index >= 15 is 0 Å². The molecule has 0 amide bonds. The molecule has 0 spiro atoms. The number of para-hydroxylation sites is 1. The Bertz CT molecular complexity index is 564. The van der Waals surface area contributed by atoms with Gasteiger partial charge < -0.3 is 4.74 Å². The van der Waals surface area contributed by atoms with Crippen LogP contribution in [-0.2, 0) is 0 Å². The lowest BCUT2D eigenvalue weighted by Gasteiger charge is -2.09. The first-order valence-electron chi connectivity index (χ1n) is 6.09. The molecule has 1 aromatic carbocycles. The van der Waals surface area contributed by atoms with E-state index in [2.05, 4.69) is 9.84 Å². The molecule has 0 radical (unpaired) electrons. The molecule has 0 saturated carbocycles. The monoisotopic (exact) mass is 266 g/mol. The van der Waals surface area contributed by atoms with Crippen LogP contribution in [0.1, 0.15) is 25.5 Å². The molecular weight excluding hydrogens is 250 g/mol. The van der Waals surface area contributed by atoms with Gasteiger partial charge in [0, 0.05) is 17.8 Å². The molecule has 0 unspecified atom stereocenters. The Hall–Kier alpha value is -1.91. The molecule has 0 aliphatic heterocycles. The minimum atomic E-state index is -2.84. The van der Waals surface area contributed by atoms with E-state index in [0.29, 0.717) is 11.3 Å². The second-order valence-electron chi connectivity index (χ2n) is 4.61.